The Morgan fingerprint density at radius 2 is 1.35 bits per heavy atom. The monoisotopic (exact) mass is 344 g/mol. The number of halogens is 4. The molecule has 0 atom stereocenters. The molecule has 0 radical (unpaired) electrons. The van der Waals surface area contributed by atoms with Gasteiger partial charge in [-0.3, -0.25) is 0 Å². The second-order valence-electron chi connectivity index (χ2n) is 4.36. The molecule has 0 aromatic rings. The zero-order valence-electron chi connectivity index (χ0n) is 12.5. The van der Waals surface area contributed by atoms with Crippen LogP contribution in [0.3, 0.4) is 0 Å². The molecule has 0 heterocycles. The van der Waals surface area contributed by atoms with E-state index in [0.29, 0.717) is 0 Å². The molecular weight excluding hydrogens is 328 g/mol. The van der Waals surface area contributed by atoms with Gasteiger partial charge in [0.15, 0.2) is 0 Å². The van der Waals surface area contributed by atoms with E-state index in [-0.39, 0.29) is 5.57 Å². The first-order chi connectivity index (χ1) is 10.4. The van der Waals surface area contributed by atoms with Crippen LogP contribution in [0.4, 0.5) is 17.6 Å². The minimum Gasteiger partial charge on any atom is -0.462 e. The van der Waals surface area contributed by atoms with E-state index in [4.69, 9.17) is 0 Å². The van der Waals surface area contributed by atoms with Gasteiger partial charge in [0.1, 0.15) is 13.2 Å². The van der Waals surface area contributed by atoms with Gasteiger partial charge in [-0.05, 0) is 13.8 Å². The Morgan fingerprint density at radius 3 is 1.78 bits per heavy atom. The minimum absolute atomic E-state index is 0.0377. The molecule has 0 N–H and O–H groups in total. The molecule has 0 fully saturated rings. The number of hydrogen-bond acceptors (Lipinski definition) is 6. The van der Waals surface area contributed by atoms with Gasteiger partial charge in [-0.1, -0.05) is 6.58 Å². The molecule has 0 spiro atoms. The summed E-state index contributed by atoms with van der Waals surface area (Å²) in [5.74, 6) is -14.4. The van der Waals surface area contributed by atoms with Gasteiger partial charge in [-0.25, -0.2) is 14.4 Å². The molecule has 0 saturated heterocycles. The summed E-state index contributed by atoms with van der Waals surface area (Å²) >= 11 is 0. The SMILES string of the molecule is C=C(C)C(=O)OCCOC(=O)C(F)(F)CC(F)(F)C(=O)OCC. The summed E-state index contributed by atoms with van der Waals surface area (Å²) in [6, 6.07) is 0. The van der Waals surface area contributed by atoms with Gasteiger partial charge >= 0.3 is 29.8 Å². The van der Waals surface area contributed by atoms with E-state index in [1.807, 2.05) is 0 Å². The molecule has 132 valence electrons. The number of hydrogen-bond donors (Lipinski definition) is 0. The highest BCUT2D eigenvalue weighted by Gasteiger charge is 2.54. The third kappa shape index (κ3) is 7.11. The minimum atomic E-state index is -4.62. The standard InChI is InChI=1S/C13H16F4O6/c1-4-21-10(19)12(14,15)7-13(16,17)11(20)23-6-5-22-9(18)8(2)3/h2,4-7H2,1,3H3. The number of carbonyl (C=O) groups excluding carboxylic acids is 3. The van der Waals surface area contributed by atoms with E-state index in [1.165, 1.54) is 13.8 Å². The van der Waals surface area contributed by atoms with Gasteiger partial charge in [0, 0.05) is 5.57 Å². The van der Waals surface area contributed by atoms with E-state index in [1.54, 1.807) is 0 Å². The molecule has 10 heteroatoms. The number of esters is 3. The van der Waals surface area contributed by atoms with E-state index >= 15 is 0 Å². The van der Waals surface area contributed by atoms with Crippen molar-refractivity contribution in [2.75, 3.05) is 19.8 Å². The fraction of sp³-hybridized carbons (Fsp3) is 0.615. The Hall–Kier alpha value is -2.13. The fourth-order valence-corrected chi connectivity index (χ4v) is 1.16. The maximum Gasteiger partial charge on any atom is 0.377 e. The Kier molecular flexibility index (Phi) is 7.70. The van der Waals surface area contributed by atoms with Crippen LogP contribution in [-0.2, 0) is 28.6 Å². The predicted octanol–water partition coefficient (Wildman–Crippen LogP) is 1.87. The lowest BCUT2D eigenvalue weighted by Gasteiger charge is -2.20. The summed E-state index contributed by atoms with van der Waals surface area (Å²) in [5.41, 5.74) is 0.0377. The molecule has 0 amide bonds. The molecule has 0 rings (SSSR count). The van der Waals surface area contributed by atoms with Crippen molar-refractivity contribution in [3.63, 3.8) is 0 Å². The highest BCUT2D eigenvalue weighted by Crippen LogP contribution is 2.32. The summed E-state index contributed by atoms with van der Waals surface area (Å²) < 4.78 is 65.5. The maximum atomic E-state index is 13.3. The van der Waals surface area contributed by atoms with Crippen molar-refractivity contribution >= 4 is 17.9 Å². The number of alkyl halides is 4. The molecule has 0 aromatic heterocycles. The quantitative estimate of drug-likeness (QED) is 0.209. The molecule has 0 aromatic carbocycles. The summed E-state index contributed by atoms with van der Waals surface area (Å²) in [4.78, 5) is 32.9. The smallest absolute Gasteiger partial charge is 0.377 e. The lowest BCUT2D eigenvalue weighted by atomic mass is 10.1. The van der Waals surface area contributed by atoms with Crippen LogP contribution in [0.25, 0.3) is 0 Å². The average molecular weight is 344 g/mol. The third-order valence-electron chi connectivity index (χ3n) is 2.21. The van der Waals surface area contributed by atoms with Gasteiger partial charge in [0.05, 0.1) is 13.0 Å². The van der Waals surface area contributed by atoms with E-state index in [0.717, 1.165) is 0 Å². The molecule has 6 nitrogen and oxygen atoms in total. The lowest BCUT2D eigenvalue weighted by molar-refractivity contribution is -0.197. The van der Waals surface area contributed by atoms with Crippen LogP contribution in [0.2, 0.25) is 0 Å². The van der Waals surface area contributed by atoms with Gasteiger partial charge in [0.25, 0.3) is 0 Å². The first-order valence-corrected chi connectivity index (χ1v) is 6.36. The molecule has 23 heavy (non-hydrogen) atoms. The first-order valence-electron chi connectivity index (χ1n) is 6.36. The predicted molar refractivity (Wildman–Crippen MR) is 67.9 cm³/mol. The van der Waals surface area contributed by atoms with E-state index in [9.17, 15) is 31.9 Å². The van der Waals surface area contributed by atoms with Crippen molar-refractivity contribution in [3.05, 3.63) is 12.2 Å². The van der Waals surface area contributed by atoms with Gasteiger partial charge in [-0.2, -0.15) is 17.6 Å². The fourth-order valence-electron chi connectivity index (χ4n) is 1.16. The molecule has 0 unspecified atom stereocenters. The summed E-state index contributed by atoms with van der Waals surface area (Å²) in [6.07, 6.45) is -2.39. The van der Waals surface area contributed by atoms with Crippen LogP contribution in [0.15, 0.2) is 12.2 Å². The molecule has 0 aliphatic heterocycles. The highest BCUT2D eigenvalue weighted by atomic mass is 19.3. The number of rotatable bonds is 9. The molecule has 0 bridgehead atoms. The van der Waals surface area contributed by atoms with Crippen molar-refractivity contribution in [3.8, 4) is 0 Å². The Labute approximate surface area is 129 Å². The summed E-state index contributed by atoms with van der Waals surface area (Å²) in [6.45, 7) is 4.05. The van der Waals surface area contributed by atoms with E-state index < -0.39 is 56.0 Å². The van der Waals surface area contributed by atoms with Crippen molar-refractivity contribution in [2.45, 2.75) is 32.1 Å². The summed E-state index contributed by atoms with van der Waals surface area (Å²) in [5, 5.41) is 0. The zero-order valence-corrected chi connectivity index (χ0v) is 12.5. The Balaban J connectivity index is 4.47. The van der Waals surface area contributed by atoms with Crippen LogP contribution in [0, 0.1) is 0 Å². The molecular formula is C13H16F4O6. The number of carbonyl (C=O) groups is 3. The normalized spacial score (nSPS) is 11.6. The van der Waals surface area contributed by atoms with Crippen molar-refractivity contribution < 1.29 is 46.2 Å². The highest BCUT2D eigenvalue weighted by molar-refractivity contribution is 5.87. The van der Waals surface area contributed by atoms with Crippen LogP contribution >= 0.6 is 0 Å². The zero-order chi connectivity index (χ0) is 18.3. The van der Waals surface area contributed by atoms with Gasteiger partial charge < -0.3 is 14.2 Å². The average Bonchev–Trinajstić information content (AvgIpc) is 2.41. The van der Waals surface area contributed by atoms with Crippen molar-refractivity contribution in [1.29, 1.82) is 0 Å². The van der Waals surface area contributed by atoms with E-state index in [2.05, 4.69) is 20.8 Å². The lowest BCUT2D eigenvalue weighted by Crippen LogP contribution is -2.42. The second-order valence-corrected chi connectivity index (χ2v) is 4.36. The molecule has 0 aliphatic rings. The summed E-state index contributed by atoms with van der Waals surface area (Å²) in [7, 11) is 0. The maximum absolute atomic E-state index is 13.3. The molecule has 0 aliphatic carbocycles. The number of ether oxygens (including phenoxy) is 3. The van der Waals surface area contributed by atoms with Crippen molar-refractivity contribution in [1.82, 2.24) is 0 Å². The van der Waals surface area contributed by atoms with Crippen LogP contribution in [-0.4, -0.2) is 49.6 Å². The van der Waals surface area contributed by atoms with Crippen molar-refractivity contribution in [2.24, 2.45) is 0 Å². The van der Waals surface area contributed by atoms with Crippen LogP contribution < -0.4 is 0 Å². The Morgan fingerprint density at radius 1 is 0.913 bits per heavy atom. The third-order valence-corrected chi connectivity index (χ3v) is 2.21. The largest absolute Gasteiger partial charge is 0.462 e. The second kappa shape index (κ2) is 8.49. The van der Waals surface area contributed by atoms with Crippen LogP contribution in [0.1, 0.15) is 20.3 Å². The Bertz CT molecular complexity index is 475. The first kappa shape index (κ1) is 20.9. The van der Waals surface area contributed by atoms with Crippen LogP contribution in [0.5, 0.6) is 0 Å². The molecule has 0 saturated carbocycles. The topological polar surface area (TPSA) is 78.9 Å². The van der Waals surface area contributed by atoms with Gasteiger partial charge in [0.2, 0.25) is 0 Å². The van der Waals surface area contributed by atoms with Gasteiger partial charge in [-0.15, -0.1) is 0 Å².